The van der Waals surface area contributed by atoms with Crippen LogP contribution in [-0.4, -0.2) is 56.4 Å². The fourth-order valence-corrected chi connectivity index (χ4v) is 2.53. The minimum absolute atomic E-state index is 0.194. The summed E-state index contributed by atoms with van der Waals surface area (Å²) in [5.41, 5.74) is 0. The lowest BCUT2D eigenvalue weighted by Crippen LogP contribution is -2.53. The minimum atomic E-state index is 0.194. The number of hydrogen-bond donors (Lipinski definition) is 1. The van der Waals surface area contributed by atoms with Gasteiger partial charge in [-0.25, -0.2) is 0 Å². The Morgan fingerprint density at radius 3 is 2.82 bits per heavy atom. The molecule has 0 amide bonds. The average molecular weight is 240 g/mol. The Kier molecular flexibility index (Phi) is 4.42. The molecule has 0 saturated carbocycles. The highest BCUT2D eigenvalue weighted by molar-refractivity contribution is 5.10. The number of morpholine rings is 1. The van der Waals surface area contributed by atoms with E-state index in [0.29, 0.717) is 6.04 Å². The maximum atomic E-state index is 5.90. The van der Waals surface area contributed by atoms with Crippen molar-refractivity contribution in [3.8, 4) is 0 Å². The summed E-state index contributed by atoms with van der Waals surface area (Å²) in [6.07, 6.45) is 3.40. The van der Waals surface area contributed by atoms with Gasteiger partial charge in [0.15, 0.2) is 0 Å². The molecule has 1 saturated heterocycles. The van der Waals surface area contributed by atoms with E-state index < -0.39 is 0 Å². The van der Waals surface area contributed by atoms with Crippen molar-refractivity contribution in [2.24, 2.45) is 0 Å². The van der Waals surface area contributed by atoms with Gasteiger partial charge in [0, 0.05) is 25.6 Å². The first-order valence-electron chi connectivity index (χ1n) is 6.58. The fourth-order valence-electron chi connectivity index (χ4n) is 2.53. The molecule has 2 unspecified atom stereocenters. The molecule has 2 rings (SSSR count). The van der Waals surface area contributed by atoms with Crippen molar-refractivity contribution >= 4 is 0 Å². The lowest BCUT2D eigenvalue weighted by atomic mass is 10.1. The molecule has 4 nitrogen and oxygen atoms in total. The number of nitrogens with one attached hydrogen (secondary N) is 1. The molecule has 0 aliphatic carbocycles. The molecule has 98 valence electrons. The molecular weight excluding hydrogens is 216 g/mol. The van der Waals surface area contributed by atoms with E-state index in [1.165, 1.54) is 0 Å². The van der Waals surface area contributed by atoms with Gasteiger partial charge in [0.1, 0.15) is 5.76 Å². The zero-order valence-electron chi connectivity index (χ0n) is 11.1. The zero-order chi connectivity index (χ0) is 12.3. The summed E-state index contributed by atoms with van der Waals surface area (Å²) in [5.74, 6) is 1.06. The summed E-state index contributed by atoms with van der Waals surface area (Å²) in [5, 5.41) is 3.33. The number of nitrogens with zero attached hydrogens (tertiary/aromatic N) is 1. The Hall–Kier alpha value is -0.580. The van der Waals surface area contributed by atoms with Crippen LogP contribution in [0.3, 0.4) is 0 Å². The van der Waals surface area contributed by atoms with Crippen molar-refractivity contribution in [2.45, 2.75) is 38.5 Å². The van der Waals surface area contributed by atoms with Crippen LogP contribution in [-0.2, 0) is 9.47 Å². The van der Waals surface area contributed by atoms with Gasteiger partial charge in [-0.15, -0.1) is 0 Å². The lowest BCUT2D eigenvalue weighted by molar-refractivity contribution is -0.0552. The zero-order valence-corrected chi connectivity index (χ0v) is 11.1. The van der Waals surface area contributed by atoms with Crippen molar-refractivity contribution in [3.63, 3.8) is 0 Å². The maximum absolute atomic E-state index is 5.90. The third-order valence-corrected chi connectivity index (χ3v) is 3.58. The van der Waals surface area contributed by atoms with Crippen molar-refractivity contribution in [3.05, 3.63) is 11.8 Å². The molecule has 2 atom stereocenters. The van der Waals surface area contributed by atoms with E-state index in [9.17, 15) is 0 Å². The second kappa shape index (κ2) is 5.85. The lowest BCUT2D eigenvalue weighted by Gasteiger charge is -2.38. The van der Waals surface area contributed by atoms with Crippen LogP contribution in [0.15, 0.2) is 11.8 Å². The van der Waals surface area contributed by atoms with Gasteiger partial charge < -0.3 is 14.8 Å². The van der Waals surface area contributed by atoms with Crippen LogP contribution in [0.1, 0.15) is 20.3 Å². The van der Waals surface area contributed by atoms with E-state index in [2.05, 4.69) is 30.1 Å². The minimum Gasteiger partial charge on any atom is -0.496 e. The van der Waals surface area contributed by atoms with Gasteiger partial charge in [0.2, 0.25) is 0 Å². The molecular formula is C13H24N2O2. The van der Waals surface area contributed by atoms with Crippen molar-refractivity contribution in [1.29, 1.82) is 0 Å². The molecule has 2 aliphatic rings. The molecule has 0 aromatic rings. The molecule has 2 heterocycles. The largest absolute Gasteiger partial charge is 0.496 e. The molecule has 1 N–H and O–H groups in total. The first-order chi connectivity index (χ1) is 8.22. The van der Waals surface area contributed by atoms with Gasteiger partial charge >= 0.3 is 0 Å². The molecule has 1 fully saturated rings. The number of rotatable bonds is 4. The highest BCUT2D eigenvalue weighted by atomic mass is 16.5. The van der Waals surface area contributed by atoms with Gasteiger partial charge in [0.05, 0.1) is 25.4 Å². The normalized spacial score (nSPS) is 28.0. The van der Waals surface area contributed by atoms with Crippen LogP contribution in [0, 0.1) is 0 Å². The van der Waals surface area contributed by atoms with Gasteiger partial charge in [-0.1, -0.05) is 0 Å². The van der Waals surface area contributed by atoms with E-state index in [1.54, 1.807) is 0 Å². The van der Waals surface area contributed by atoms with Crippen molar-refractivity contribution in [2.75, 3.05) is 33.4 Å². The summed E-state index contributed by atoms with van der Waals surface area (Å²) in [6, 6.07) is 0.774. The van der Waals surface area contributed by atoms with E-state index in [0.717, 1.165) is 38.5 Å². The molecule has 0 aromatic carbocycles. The van der Waals surface area contributed by atoms with E-state index in [4.69, 9.17) is 9.47 Å². The number of ether oxygens (including phenoxy) is 2. The standard InChI is InChI=1S/C13H24N2O2/c1-10(2)15-6-8-17-12(9-15)13(14-3)11-5-4-7-16-11/h5,10,12-14H,4,6-9H2,1-3H3. The van der Waals surface area contributed by atoms with E-state index >= 15 is 0 Å². The molecule has 2 aliphatic heterocycles. The van der Waals surface area contributed by atoms with Crippen LogP contribution < -0.4 is 5.32 Å². The predicted molar refractivity (Wildman–Crippen MR) is 67.9 cm³/mol. The van der Waals surface area contributed by atoms with Gasteiger partial charge in [-0.3, -0.25) is 4.90 Å². The smallest absolute Gasteiger partial charge is 0.112 e. The van der Waals surface area contributed by atoms with Crippen LogP contribution in [0.2, 0.25) is 0 Å². The Labute approximate surface area is 104 Å². The third kappa shape index (κ3) is 3.00. The van der Waals surface area contributed by atoms with Gasteiger partial charge in [-0.2, -0.15) is 0 Å². The first-order valence-corrected chi connectivity index (χ1v) is 6.58. The quantitative estimate of drug-likeness (QED) is 0.794. The maximum Gasteiger partial charge on any atom is 0.112 e. The summed E-state index contributed by atoms with van der Waals surface area (Å²) < 4.78 is 11.6. The van der Waals surface area contributed by atoms with Crippen LogP contribution in [0.25, 0.3) is 0 Å². The Balaban J connectivity index is 1.99. The van der Waals surface area contributed by atoms with Crippen molar-refractivity contribution in [1.82, 2.24) is 10.2 Å². The Morgan fingerprint density at radius 1 is 1.41 bits per heavy atom. The summed E-state index contributed by atoms with van der Waals surface area (Å²) in [4.78, 5) is 2.47. The van der Waals surface area contributed by atoms with Crippen LogP contribution >= 0.6 is 0 Å². The molecule has 0 radical (unpaired) electrons. The number of likely N-dealkylation sites (N-methyl/N-ethyl adjacent to an activating group) is 1. The highest BCUT2D eigenvalue weighted by Crippen LogP contribution is 2.20. The molecule has 0 bridgehead atoms. The Morgan fingerprint density at radius 2 is 2.24 bits per heavy atom. The average Bonchev–Trinajstić information content (AvgIpc) is 2.84. The molecule has 17 heavy (non-hydrogen) atoms. The highest BCUT2D eigenvalue weighted by Gasteiger charge is 2.32. The Bertz CT molecular complexity index is 279. The monoisotopic (exact) mass is 240 g/mol. The summed E-state index contributed by atoms with van der Waals surface area (Å²) in [7, 11) is 1.98. The second-order valence-electron chi connectivity index (χ2n) is 5.01. The molecule has 0 aromatic heterocycles. The first kappa shape index (κ1) is 12.9. The van der Waals surface area contributed by atoms with E-state index in [-0.39, 0.29) is 12.1 Å². The summed E-state index contributed by atoms with van der Waals surface area (Å²) in [6.45, 7) is 8.11. The SMILES string of the molecule is CNC(C1=CCCO1)C1CN(C(C)C)CCO1. The molecule has 0 spiro atoms. The van der Waals surface area contributed by atoms with E-state index in [1.807, 2.05) is 7.05 Å². The third-order valence-electron chi connectivity index (χ3n) is 3.58. The topological polar surface area (TPSA) is 33.7 Å². The fraction of sp³-hybridized carbons (Fsp3) is 0.846. The van der Waals surface area contributed by atoms with Gasteiger partial charge in [0.25, 0.3) is 0 Å². The second-order valence-corrected chi connectivity index (χ2v) is 5.01. The summed E-state index contributed by atoms with van der Waals surface area (Å²) >= 11 is 0. The van der Waals surface area contributed by atoms with Crippen LogP contribution in [0.5, 0.6) is 0 Å². The van der Waals surface area contributed by atoms with Crippen molar-refractivity contribution < 1.29 is 9.47 Å². The number of hydrogen-bond acceptors (Lipinski definition) is 4. The predicted octanol–water partition coefficient (Wildman–Crippen LogP) is 0.988. The van der Waals surface area contributed by atoms with Gasteiger partial charge in [-0.05, 0) is 27.0 Å². The molecule has 4 heteroatoms. The van der Waals surface area contributed by atoms with Crippen LogP contribution in [0.4, 0.5) is 0 Å².